The predicted octanol–water partition coefficient (Wildman–Crippen LogP) is 2.48. The van der Waals surface area contributed by atoms with E-state index in [9.17, 15) is 4.79 Å². The molecule has 1 aromatic carbocycles. The molecule has 1 aromatic heterocycles. The Bertz CT molecular complexity index is 569. The van der Waals surface area contributed by atoms with E-state index >= 15 is 0 Å². The summed E-state index contributed by atoms with van der Waals surface area (Å²) in [4.78, 5) is 16.5. The van der Waals surface area contributed by atoms with Crippen LogP contribution in [-0.2, 0) is 0 Å². The number of hydrogen-bond acceptors (Lipinski definition) is 3. The summed E-state index contributed by atoms with van der Waals surface area (Å²) in [5.74, 6) is 0.581. The van der Waals surface area contributed by atoms with E-state index in [-0.39, 0.29) is 5.56 Å². The van der Waals surface area contributed by atoms with Gasteiger partial charge in [0, 0.05) is 11.8 Å². The summed E-state index contributed by atoms with van der Waals surface area (Å²) < 4.78 is 0.308. The molecule has 82 valence electrons. The third-order valence-electron chi connectivity index (χ3n) is 2.09. The van der Waals surface area contributed by atoms with Crippen molar-refractivity contribution >= 4 is 23.7 Å². The number of H-pyrrole nitrogens is 2. The Morgan fingerprint density at radius 1 is 1.19 bits per heavy atom. The van der Waals surface area contributed by atoms with E-state index in [0.29, 0.717) is 10.6 Å². The number of hydrogen-bond donors (Lipinski definition) is 3. The summed E-state index contributed by atoms with van der Waals surface area (Å²) in [5, 5.41) is 3.07. The molecule has 0 bridgehead atoms. The van der Waals surface area contributed by atoms with E-state index in [1.807, 2.05) is 31.2 Å². The van der Waals surface area contributed by atoms with Crippen LogP contribution in [0.5, 0.6) is 0 Å². The molecule has 0 radical (unpaired) electrons. The van der Waals surface area contributed by atoms with Gasteiger partial charge in [-0.1, -0.05) is 17.7 Å². The molecule has 4 nitrogen and oxygen atoms in total. The van der Waals surface area contributed by atoms with E-state index in [1.165, 1.54) is 11.6 Å². The maximum absolute atomic E-state index is 11.2. The van der Waals surface area contributed by atoms with Crippen molar-refractivity contribution in [2.24, 2.45) is 0 Å². The molecule has 0 saturated carbocycles. The first-order valence-electron chi connectivity index (χ1n) is 4.81. The van der Waals surface area contributed by atoms with Crippen LogP contribution in [0.1, 0.15) is 5.56 Å². The van der Waals surface area contributed by atoms with Crippen molar-refractivity contribution in [3.05, 3.63) is 51.0 Å². The Balaban J connectivity index is 2.30. The average Bonchev–Trinajstić information content (AvgIpc) is 2.20. The van der Waals surface area contributed by atoms with Crippen LogP contribution in [0.3, 0.4) is 0 Å². The van der Waals surface area contributed by atoms with E-state index in [2.05, 4.69) is 15.3 Å². The van der Waals surface area contributed by atoms with Crippen molar-refractivity contribution < 1.29 is 0 Å². The van der Waals surface area contributed by atoms with Gasteiger partial charge in [0.2, 0.25) is 0 Å². The maximum atomic E-state index is 11.2. The standard InChI is InChI=1S/C11H11N3OS/c1-7-2-4-8(5-3-7)12-9-6-10(15)14-11(16)13-9/h2-6H,1H3,(H3,12,13,14,15,16). The van der Waals surface area contributed by atoms with Gasteiger partial charge >= 0.3 is 0 Å². The highest BCUT2D eigenvalue weighted by atomic mass is 32.1. The van der Waals surface area contributed by atoms with Gasteiger partial charge in [0.05, 0.1) is 0 Å². The molecule has 0 fully saturated rings. The zero-order valence-electron chi connectivity index (χ0n) is 8.70. The SMILES string of the molecule is Cc1ccc(Nc2cc(=O)[nH]c(=S)[nH]2)cc1. The zero-order valence-corrected chi connectivity index (χ0v) is 9.52. The fourth-order valence-corrected chi connectivity index (χ4v) is 1.54. The molecular weight excluding hydrogens is 222 g/mol. The number of nitrogens with one attached hydrogen (secondary N) is 3. The van der Waals surface area contributed by atoms with Crippen LogP contribution in [0.15, 0.2) is 35.1 Å². The minimum Gasteiger partial charge on any atom is -0.342 e. The fourth-order valence-electron chi connectivity index (χ4n) is 1.33. The molecule has 5 heteroatoms. The Hall–Kier alpha value is -1.88. The molecule has 0 saturated heterocycles. The van der Waals surface area contributed by atoms with Gasteiger partial charge in [-0.05, 0) is 31.3 Å². The van der Waals surface area contributed by atoms with Gasteiger partial charge in [-0.3, -0.25) is 9.78 Å². The summed E-state index contributed by atoms with van der Waals surface area (Å²) in [7, 11) is 0. The number of rotatable bonds is 2. The van der Waals surface area contributed by atoms with Crippen LogP contribution in [0.2, 0.25) is 0 Å². The maximum Gasteiger partial charge on any atom is 0.253 e. The number of benzene rings is 1. The van der Waals surface area contributed by atoms with Gasteiger partial charge < -0.3 is 10.3 Å². The number of aryl methyl sites for hydroxylation is 1. The summed E-state index contributed by atoms with van der Waals surface area (Å²) in [5.41, 5.74) is 1.87. The van der Waals surface area contributed by atoms with Gasteiger partial charge in [0.25, 0.3) is 5.56 Å². The molecule has 2 aromatic rings. The molecule has 0 spiro atoms. The van der Waals surface area contributed by atoms with Crippen molar-refractivity contribution in [3.63, 3.8) is 0 Å². The minimum absolute atomic E-state index is 0.224. The van der Waals surface area contributed by atoms with Crippen molar-refractivity contribution in [2.45, 2.75) is 6.92 Å². The zero-order chi connectivity index (χ0) is 11.5. The van der Waals surface area contributed by atoms with Gasteiger partial charge in [0.1, 0.15) is 5.82 Å². The molecule has 3 N–H and O–H groups in total. The van der Waals surface area contributed by atoms with E-state index in [4.69, 9.17) is 12.2 Å². The third-order valence-corrected chi connectivity index (χ3v) is 2.30. The topological polar surface area (TPSA) is 60.7 Å². The third kappa shape index (κ3) is 2.58. The van der Waals surface area contributed by atoms with Gasteiger partial charge in [0.15, 0.2) is 4.77 Å². The van der Waals surface area contributed by atoms with Crippen LogP contribution in [0, 0.1) is 11.7 Å². The van der Waals surface area contributed by atoms with Crippen LogP contribution in [-0.4, -0.2) is 9.97 Å². The highest BCUT2D eigenvalue weighted by molar-refractivity contribution is 7.71. The molecule has 0 amide bonds. The van der Waals surface area contributed by atoms with Crippen molar-refractivity contribution in [3.8, 4) is 0 Å². The Kier molecular flexibility index (Phi) is 2.87. The predicted molar refractivity (Wildman–Crippen MR) is 66.7 cm³/mol. The molecule has 0 aliphatic rings. The second-order valence-electron chi connectivity index (χ2n) is 3.49. The lowest BCUT2D eigenvalue weighted by Gasteiger charge is -2.05. The largest absolute Gasteiger partial charge is 0.342 e. The Morgan fingerprint density at radius 2 is 1.88 bits per heavy atom. The summed E-state index contributed by atoms with van der Waals surface area (Å²) in [6.07, 6.45) is 0. The van der Waals surface area contributed by atoms with E-state index in [1.54, 1.807) is 0 Å². The summed E-state index contributed by atoms with van der Waals surface area (Å²) in [6.45, 7) is 2.02. The van der Waals surface area contributed by atoms with Crippen LogP contribution in [0.4, 0.5) is 11.5 Å². The summed E-state index contributed by atoms with van der Waals surface area (Å²) in [6, 6.07) is 9.28. The second-order valence-corrected chi connectivity index (χ2v) is 3.90. The quantitative estimate of drug-likeness (QED) is 0.698. The average molecular weight is 233 g/mol. The van der Waals surface area contributed by atoms with Crippen LogP contribution in [0.25, 0.3) is 0 Å². The lowest BCUT2D eigenvalue weighted by Crippen LogP contribution is -2.07. The first-order chi connectivity index (χ1) is 7.63. The van der Waals surface area contributed by atoms with E-state index in [0.717, 1.165) is 5.69 Å². The van der Waals surface area contributed by atoms with Crippen LogP contribution >= 0.6 is 12.2 Å². The number of aromatic nitrogens is 2. The Labute approximate surface area is 97.4 Å². The molecule has 0 aliphatic carbocycles. The Morgan fingerprint density at radius 3 is 2.50 bits per heavy atom. The normalized spacial score (nSPS) is 10.1. The molecule has 0 atom stereocenters. The van der Waals surface area contributed by atoms with Gasteiger partial charge in [-0.2, -0.15) is 0 Å². The lowest BCUT2D eigenvalue weighted by molar-refractivity contribution is 1.09. The second kappa shape index (κ2) is 4.32. The molecule has 1 heterocycles. The lowest BCUT2D eigenvalue weighted by atomic mass is 10.2. The van der Waals surface area contributed by atoms with Crippen LogP contribution < -0.4 is 10.9 Å². The molecule has 16 heavy (non-hydrogen) atoms. The minimum atomic E-state index is -0.224. The smallest absolute Gasteiger partial charge is 0.253 e. The van der Waals surface area contributed by atoms with Gasteiger partial charge in [-0.25, -0.2) is 0 Å². The number of aromatic amines is 2. The van der Waals surface area contributed by atoms with Crippen molar-refractivity contribution in [1.29, 1.82) is 0 Å². The highest BCUT2D eigenvalue weighted by Gasteiger charge is 1.96. The fraction of sp³-hybridized carbons (Fsp3) is 0.0909. The molecule has 0 unspecified atom stereocenters. The monoisotopic (exact) mass is 233 g/mol. The molecule has 2 rings (SSSR count). The number of anilines is 2. The van der Waals surface area contributed by atoms with Gasteiger partial charge in [-0.15, -0.1) is 0 Å². The van der Waals surface area contributed by atoms with Crippen molar-refractivity contribution in [2.75, 3.05) is 5.32 Å². The first kappa shape index (κ1) is 10.6. The first-order valence-corrected chi connectivity index (χ1v) is 5.22. The molecule has 0 aliphatic heterocycles. The molecular formula is C11H11N3OS. The highest BCUT2D eigenvalue weighted by Crippen LogP contribution is 2.13. The van der Waals surface area contributed by atoms with Crippen molar-refractivity contribution in [1.82, 2.24) is 9.97 Å². The summed E-state index contributed by atoms with van der Waals surface area (Å²) >= 11 is 4.87. The van der Waals surface area contributed by atoms with E-state index < -0.39 is 0 Å².